The summed E-state index contributed by atoms with van der Waals surface area (Å²) in [5.74, 6) is 0.666. The molecule has 0 spiro atoms. The van der Waals surface area contributed by atoms with Gasteiger partial charge in [-0.2, -0.15) is 0 Å². The average Bonchev–Trinajstić information content (AvgIpc) is 2.84. The second kappa shape index (κ2) is 8.06. The fraction of sp³-hybridized carbons (Fsp3) is 0.412. The Kier molecular flexibility index (Phi) is 6.10. The smallest absolute Gasteiger partial charge is 0.225 e. The minimum absolute atomic E-state index is 0.0304. The highest BCUT2D eigenvalue weighted by atomic mass is 32.1. The first-order valence-corrected chi connectivity index (χ1v) is 8.29. The molecule has 118 valence electrons. The van der Waals surface area contributed by atoms with Gasteiger partial charge in [-0.05, 0) is 63.7 Å². The van der Waals surface area contributed by atoms with Crippen molar-refractivity contribution in [1.29, 1.82) is 0 Å². The third-order valence-corrected chi connectivity index (χ3v) is 4.27. The molecule has 2 heterocycles. The third kappa shape index (κ3) is 5.58. The van der Waals surface area contributed by atoms with Crippen molar-refractivity contribution in [2.24, 2.45) is 0 Å². The van der Waals surface area contributed by atoms with E-state index in [1.807, 2.05) is 26.2 Å². The lowest BCUT2D eigenvalue weighted by Crippen LogP contribution is -2.14. The number of nitrogens with one attached hydrogen (secondary N) is 1. The highest BCUT2D eigenvalue weighted by molar-refractivity contribution is 7.11. The van der Waals surface area contributed by atoms with Crippen molar-refractivity contribution in [1.82, 2.24) is 9.88 Å². The number of carbonyl (C=O) groups excluding carboxylic acids is 1. The number of hydrogen-bond donors (Lipinski definition) is 1. The second-order valence-electron chi connectivity index (χ2n) is 5.70. The highest BCUT2D eigenvalue weighted by Crippen LogP contribution is 2.17. The molecule has 4 nitrogen and oxygen atoms in total. The van der Waals surface area contributed by atoms with Crippen molar-refractivity contribution in [3.63, 3.8) is 0 Å². The predicted molar refractivity (Wildman–Crippen MR) is 92.3 cm³/mol. The first-order chi connectivity index (χ1) is 10.5. The summed E-state index contributed by atoms with van der Waals surface area (Å²) in [4.78, 5) is 20.9. The molecule has 0 unspecified atom stereocenters. The zero-order valence-electron chi connectivity index (χ0n) is 13.4. The van der Waals surface area contributed by atoms with Gasteiger partial charge in [0, 0.05) is 28.9 Å². The van der Waals surface area contributed by atoms with Gasteiger partial charge in [0.15, 0.2) is 0 Å². The molecular weight excluding hydrogens is 294 g/mol. The van der Waals surface area contributed by atoms with Crippen LogP contribution in [0.1, 0.15) is 28.2 Å². The van der Waals surface area contributed by atoms with Crippen LogP contribution in [0.15, 0.2) is 30.5 Å². The topological polar surface area (TPSA) is 45.2 Å². The van der Waals surface area contributed by atoms with Gasteiger partial charge in [0.25, 0.3) is 0 Å². The molecule has 0 atom stereocenters. The van der Waals surface area contributed by atoms with E-state index in [2.05, 4.69) is 34.3 Å². The maximum atomic E-state index is 12.0. The molecule has 0 radical (unpaired) electrons. The molecule has 0 fully saturated rings. The van der Waals surface area contributed by atoms with Crippen LogP contribution in [0.3, 0.4) is 0 Å². The number of amides is 1. The maximum Gasteiger partial charge on any atom is 0.225 e. The van der Waals surface area contributed by atoms with E-state index in [1.54, 1.807) is 17.5 Å². The summed E-state index contributed by atoms with van der Waals surface area (Å²) >= 11 is 1.80. The van der Waals surface area contributed by atoms with Gasteiger partial charge in [-0.3, -0.25) is 4.79 Å². The number of hydrogen-bond acceptors (Lipinski definition) is 4. The second-order valence-corrected chi connectivity index (χ2v) is 7.07. The van der Waals surface area contributed by atoms with Gasteiger partial charge in [0.1, 0.15) is 5.82 Å². The lowest BCUT2D eigenvalue weighted by atomic mass is 10.2. The molecular formula is C17H23N3OS. The van der Waals surface area contributed by atoms with Gasteiger partial charge in [-0.15, -0.1) is 11.3 Å². The first-order valence-electron chi connectivity index (χ1n) is 7.48. The van der Waals surface area contributed by atoms with E-state index in [4.69, 9.17) is 0 Å². The summed E-state index contributed by atoms with van der Waals surface area (Å²) in [5.41, 5.74) is 1.14. The van der Waals surface area contributed by atoms with E-state index >= 15 is 0 Å². The van der Waals surface area contributed by atoms with Crippen molar-refractivity contribution < 1.29 is 4.79 Å². The van der Waals surface area contributed by atoms with Crippen molar-refractivity contribution in [3.05, 3.63) is 45.8 Å². The van der Waals surface area contributed by atoms with Crippen LogP contribution in [-0.2, 0) is 17.8 Å². The number of nitrogens with zero attached hydrogens (tertiary/aromatic N) is 2. The van der Waals surface area contributed by atoms with Crippen LogP contribution >= 0.6 is 11.3 Å². The maximum absolute atomic E-state index is 12.0. The molecule has 0 aliphatic rings. The van der Waals surface area contributed by atoms with E-state index in [0.717, 1.165) is 24.9 Å². The molecule has 0 aromatic carbocycles. The Labute approximate surface area is 136 Å². The molecule has 0 saturated heterocycles. The van der Waals surface area contributed by atoms with Crippen LogP contribution in [0, 0.1) is 6.92 Å². The summed E-state index contributed by atoms with van der Waals surface area (Å²) in [6, 6.07) is 8.17. The molecule has 2 aromatic rings. The van der Waals surface area contributed by atoms with Crippen LogP contribution < -0.4 is 5.32 Å². The number of pyridine rings is 1. The number of carbonyl (C=O) groups is 1. The average molecular weight is 317 g/mol. The van der Waals surface area contributed by atoms with E-state index in [-0.39, 0.29) is 5.91 Å². The number of aryl methyl sites for hydroxylation is 2. The van der Waals surface area contributed by atoms with Crippen molar-refractivity contribution in [3.8, 4) is 0 Å². The minimum Gasteiger partial charge on any atom is -0.311 e. The number of anilines is 1. The first kappa shape index (κ1) is 16.6. The van der Waals surface area contributed by atoms with Crippen LogP contribution in [0.5, 0.6) is 0 Å². The summed E-state index contributed by atoms with van der Waals surface area (Å²) < 4.78 is 0. The molecule has 22 heavy (non-hydrogen) atoms. The Morgan fingerprint density at radius 1 is 1.32 bits per heavy atom. The van der Waals surface area contributed by atoms with E-state index in [9.17, 15) is 4.79 Å². The number of rotatable bonds is 7. The molecule has 2 aromatic heterocycles. The van der Waals surface area contributed by atoms with Crippen molar-refractivity contribution in [2.45, 2.75) is 32.7 Å². The number of thiophene rings is 1. The van der Waals surface area contributed by atoms with Crippen LogP contribution in [0.4, 0.5) is 5.82 Å². The van der Waals surface area contributed by atoms with Gasteiger partial charge < -0.3 is 10.2 Å². The Morgan fingerprint density at radius 2 is 2.14 bits per heavy atom. The van der Waals surface area contributed by atoms with Gasteiger partial charge in [-0.25, -0.2) is 4.98 Å². The van der Waals surface area contributed by atoms with Crippen molar-refractivity contribution >= 4 is 23.1 Å². The van der Waals surface area contributed by atoms with Gasteiger partial charge >= 0.3 is 0 Å². The van der Waals surface area contributed by atoms with E-state index < -0.39 is 0 Å². The molecule has 0 aliphatic carbocycles. The summed E-state index contributed by atoms with van der Waals surface area (Å²) in [6.45, 7) is 2.94. The monoisotopic (exact) mass is 317 g/mol. The van der Waals surface area contributed by atoms with Crippen LogP contribution in [-0.4, -0.2) is 29.9 Å². The quantitative estimate of drug-likeness (QED) is 0.850. The van der Waals surface area contributed by atoms with Crippen molar-refractivity contribution in [2.75, 3.05) is 19.4 Å². The van der Waals surface area contributed by atoms with E-state index in [1.165, 1.54) is 9.75 Å². The zero-order chi connectivity index (χ0) is 15.9. The zero-order valence-corrected chi connectivity index (χ0v) is 14.2. The Balaban J connectivity index is 1.79. The summed E-state index contributed by atoms with van der Waals surface area (Å²) in [6.07, 6.45) is 4.09. The lowest BCUT2D eigenvalue weighted by Gasteiger charge is -2.10. The molecule has 1 N–H and O–H groups in total. The molecule has 0 bridgehead atoms. The number of aromatic nitrogens is 1. The SMILES string of the molecule is Cc1ccc(CCCC(=O)Nc2cc(CN(C)C)ccn2)s1. The van der Waals surface area contributed by atoms with E-state index in [0.29, 0.717) is 12.2 Å². The predicted octanol–water partition coefficient (Wildman–Crippen LogP) is 3.47. The minimum atomic E-state index is 0.0304. The van der Waals surface area contributed by atoms with Crippen LogP contribution in [0.2, 0.25) is 0 Å². The lowest BCUT2D eigenvalue weighted by molar-refractivity contribution is -0.116. The normalized spacial score (nSPS) is 10.9. The molecule has 5 heteroatoms. The molecule has 1 amide bonds. The Morgan fingerprint density at radius 3 is 2.82 bits per heavy atom. The van der Waals surface area contributed by atoms with Gasteiger partial charge in [-0.1, -0.05) is 0 Å². The van der Waals surface area contributed by atoms with Gasteiger partial charge in [0.2, 0.25) is 5.91 Å². The highest BCUT2D eigenvalue weighted by Gasteiger charge is 2.05. The summed E-state index contributed by atoms with van der Waals surface area (Å²) in [5, 5.41) is 2.88. The molecule has 0 saturated carbocycles. The standard InChI is InChI=1S/C17H23N3OS/c1-13-7-8-15(22-13)5-4-6-17(21)19-16-11-14(9-10-18-16)12-20(2)3/h7-11H,4-6,12H2,1-3H3,(H,18,19,21). The Bertz CT molecular complexity index is 622. The molecule has 2 rings (SSSR count). The fourth-order valence-electron chi connectivity index (χ4n) is 2.25. The summed E-state index contributed by atoms with van der Waals surface area (Å²) in [7, 11) is 4.04. The van der Waals surface area contributed by atoms with Gasteiger partial charge in [0.05, 0.1) is 0 Å². The molecule has 0 aliphatic heterocycles. The third-order valence-electron chi connectivity index (χ3n) is 3.21. The van der Waals surface area contributed by atoms with Crippen LogP contribution in [0.25, 0.3) is 0 Å². The largest absolute Gasteiger partial charge is 0.311 e. The Hall–Kier alpha value is -1.72. The fourth-order valence-corrected chi connectivity index (χ4v) is 3.19.